The van der Waals surface area contributed by atoms with Crippen molar-refractivity contribution in [3.63, 3.8) is 0 Å². The third-order valence-corrected chi connectivity index (χ3v) is 5.04. The van der Waals surface area contributed by atoms with Gasteiger partial charge in [-0.15, -0.1) is 11.3 Å². The molecule has 2 aromatic heterocycles. The summed E-state index contributed by atoms with van der Waals surface area (Å²) in [6.07, 6.45) is 0. The van der Waals surface area contributed by atoms with Gasteiger partial charge in [-0.05, 0) is 30.7 Å². The Kier molecular flexibility index (Phi) is 3.95. The Hall–Kier alpha value is -0.390. The molecule has 20 heavy (non-hydrogen) atoms. The summed E-state index contributed by atoms with van der Waals surface area (Å²) in [4.78, 5) is 8.89. The van der Waals surface area contributed by atoms with Crippen molar-refractivity contribution in [2.45, 2.75) is 6.92 Å². The van der Waals surface area contributed by atoms with Crippen molar-refractivity contribution in [3.05, 3.63) is 42.1 Å². The first-order valence-electron chi connectivity index (χ1n) is 5.54. The van der Waals surface area contributed by atoms with Crippen LogP contribution in [0, 0.1) is 6.92 Å². The Morgan fingerprint density at radius 2 is 1.85 bits per heavy atom. The third kappa shape index (κ3) is 2.55. The minimum atomic E-state index is 0.396. The van der Waals surface area contributed by atoms with E-state index < -0.39 is 0 Å². The molecule has 0 saturated carbocycles. The maximum absolute atomic E-state index is 6.27. The Bertz CT molecular complexity index is 832. The first-order chi connectivity index (χ1) is 9.45. The Labute approximate surface area is 142 Å². The number of rotatable bonds is 1. The molecule has 0 aliphatic carbocycles. The van der Waals surface area contributed by atoms with Crippen LogP contribution < -0.4 is 0 Å². The molecule has 3 aromatic rings. The lowest BCUT2D eigenvalue weighted by atomic mass is 10.1. The molecule has 3 rings (SSSR count). The summed E-state index contributed by atoms with van der Waals surface area (Å²) in [6.45, 7) is 1.97. The fraction of sp³-hybridized carbons (Fsp3) is 0.0769. The molecule has 0 fully saturated rings. The van der Waals surface area contributed by atoms with Gasteiger partial charge in [-0.1, -0.05) is 50.7 Å². The molecule has 0 aliphatic heterocycles. The van der Waals surface area contributed by atoms with E-state index in [1.54, 1.807) is 6.07 Å². The summed E-state index contributed by atoms with van der Waals surface area (Å²) < 4.78 is 2.09. The van der Waals surface area contributed by atoms with Crippen LogP contribution in [0.4, 0.5) is 0 Å². The summed E-state index contributed by atoms with van der Waals surface area (Å²) in [5.41, 5.74) is 2.52. The zero-order valence-electron chi connectivity index (χ0n) is 10.0. The van der Waals surface area contributed by atoms with E-state index in [9.17, 15) is 0 Å². The van der Waals surface area contributed by atoms with Gasteiger partial charge < -0.3 is 0 Å². The van der Waals surface area contributed by atoms with Crippen LogP contribution in [0.25, 0.3) is 22.3 Å². The highest BCUT2D eigenvalue weighted by Gasteiger charge is 2.15. The number of hydrogen-bond donors (Lipinski definition) is 0. The van der Waals surface area contributed by atoms with Gasteiger partial charge in [-0.3, -0.25) is 0 Å². The molecule has 0 atom stereocenters. The number of nitrogens with zero attached hydrogens (tertiary/aromatic N) is 2. The highest BCUT2D eigenvalue weighted by molar-refractivity contribution is 9.10. The zero-order valence-corrected chi connectivity index (χ0v) is 14.7. The third-order valence-electron chi connectivity index (χ3n) is 2.81. The van der Waals surface area contributed by atoms with E-state index in [0.717, 1.165) is 20.9 Å². The highest BCUT2D eigenvalue weighted by Crippen LogP contribution is 2.38. The maximum atomic E-state index is 6.27. The molecule has 0 aliphatic rings. The first-order valence-corrected chi connectivity index (χ1v) is 8.28. The number of aryl methyl sites for hydroxylation is 1. The molecule has 0 N–H and O–H groups in total. The number of fused-ring (bicyclic) bond motifs is 1. The van der Waals surface area contributed by atoms with Crippen LogP contribution in [-0.2, 0) is 0 Å². The number of hydrogen-bond acceptors (Lipinski definition) is 3. The van der Waals surface area contributed by atoms with Gasteiger partial charge in [0.05, 0.1) is 15.4 Å². The van der Waals surface area contributed by atoms with E-state index in [4.69, 9.17) is 34.8 Å². The second-order valence-corrected chi connectivity index (χ2v) is 7.75. The molecule has 0 spiro atoms. The van der Waals surface area contributed by atoms with Gasteiger partial charge in [0, 0.05) is 9.86 Å². The fourth-order valence-electron chi connectivity index (χ4n) is 1.94. The molecule has 2 heterocycles. The maximum Gasteiger partial charge on any atom is 0.163 e. The lowest BCUT2D eigenvalue weighted by Crippen LogP contribution is -1.93. The van der Waals surface area contributed by atoms with E-state index in [1.807, 2.05) is 19.1 Å². The normalized spacial score (nSPS) is 11.2. The largest absolute Gasteiger partial charge is 0.228 e. The fourth-order valence-corrected chi connectivity index (χ4v) is 4.19. The van der Waals surface area contributed by atoms with Crippen molar-refractivity contribution >= 4 is 73.0 Å². The minimum absolute atomic E-state index is 0.396. The molecule has 0 radical (unpaired) electrons. The zero-order chi connectivity index (χ0) is 14.4. The number of benzene rings is 1. The smallest absolute Gasteiger partial charge is 0.163 e. The summed E-state index contributed by atoms with van der Waals surface area (Å²) in [7, 11) is 0. The number of aromatic nitrogens is 2. The number of halogens is 4. The van der Waals surface area contributed by atoms with Crippen LogP contribution in [0.5, 0.6) is 0 Å². The van der Waals surface area contributed by atoms with Crippen molar-refractivity contribution in [2.75, 3.05) is 0 Å². The molecular formula is C13H6BrCl3N2S. The Morgan fingerprint density at radius 1 is 1.10 bits per heavy atom. The van der Waals surface area contributed by atoms with Gasteiger partial charge in [-0.2, -0.15) is 0 Å². The lowest BCUT2D eigenvalue weighted by molar-refractivity contribution is 1.22. The average Bonchev–Trinajstić information content (AvgIpc) is 2.69. The second kappa shape index (κ2) is 5.43. The second-order valence-electron chi connectivity index (χ2n) is 4.19. The van der Waals surface area contributed by atoms with Crippen LogP contribution in [0.15, 0.2) is 22.7 Å². The average molecular weight is 409 g/mol. The molecule has 0 saturated heterocycles. The van der Waals surface area contributed by atoms with Crippen molar-refractivity contribution in [1.82, 2.24) is 9.97 Å². The number of thiophene rings is 1. The lowest BCUT2D eigenvalue weighted by Gasteiger charge is -2.07. The van der Waals surface area contributed by atoms with Crippen molar-refractivity contribution in [2.24, 2.45) is 0 Å². The van der Waals surface area contributed by atoms with Gasteiger partial charge in [0.1, 0.15) is 9.49 Å². The molecule has 2 nitrogen and oxygen atoms in total. The van der Waals surface area contributed by atoms with E-state index >= 15 is 0 Å². The van der Waals surface area contributed by atoms with E-state index in [-0.39, 0.29) is 0 Å². The van der Waals surface area contributed by atoms with Crippen molar-refractivity contribution < 1.29 is 0 Å². The van der Waals surface area contributed by atoms with Gasteiger partial charge in [0.2, 0.25) is 0 Å². The molecule has 1 aromatic carbocycles. The van der Waals surface area contributed by atoms with Gasteiger partial charge >= 0.3 is 0 Å². The highest BCUT2D eigenvalue weighted by atomic mass is 79.9. The molecule has 7 heteroatoms. The van der Waals surface area contributed by atoms with Crippen LogP contribution in [-0.4, -0.2) is 9.97 Å². The van der Waals surface area contributed by atoms with Crippen molar-refractivity contribution in [3.8, 4) is 11.4 Å². The van der Waals surface area contributed by atoms with Gasteiger partial charge in [-0.25, -0.2) is 9.97 Å². The van der Waals surface area contributed by atoms with Crippen LogP contribution in [0.3, 0.4) is 0 Å². The molecule has 0 bridgehead atoms. The topological polar surface area (TPSA) is 25.8 Å². The van der Waals surface area contributed by atoms with E-state index in [2.05, 4.69) is 25.9 Å². The van der Waals surface area contributed by atoms with Crippen LogP contribution in [0.1, 0.15) is 5.56 Å². The first kappa shape index (κ1) is 14.5. The monoisotopic (exact) mass is 406 g/mol. The summed E-state index contributed by atoms with van der Waals surface area (Å²) in [5, 5.41) is 1.20. The van der Waals surface area contributed by atoms with Gasteiger partial charge in [0.15, 0.2) is 5.82 Å². The molecule has 0 unspecified atom stereocenters. The summed E-state index contributed by atoms with van der Waals surface area (Å²) >= 11 is 23.1. The molecule has 102 valence electrons. The van der Waals surface area contributed by atoms with Crippen LogP contribution in [0.2, 0.25) is 13.8 Å². The van der Waals surface area contributed by atoms with Crippen molar-refractivity contribution in [1.29, 1.82) is 0 Å². The summed E-state index contributed by atoms with van der Waals surface area (Å²) in [6, 6.07) is 5.63. The predicted octanol–water partition coefficient (Wildman–Crippen LogP) is 6.39. The van der Waals surface area contributed by atoms with Crippen LogP contribution >= 0.6 is 62.1 Å². The predicted molar refractivity (Wildman–Crippen MR) is 90.3 cm³/mol. The quantitative estimate of drug-likeness (QED) is 0.436. The summed E-state index contributed by atoms with van der Waals surface area (Å²) in [5.74, 6) is 0.487. The van der Waals surface area contributed by atoms with Gasteiger partial charge in [0.25, 0.3) is 0 Å². The molecule has 0 amide bonds. The minimum Gasteiger partial charge on any atom is -0.228 e. The Balaban J connectivity index is 2.32. The SMILES string of the molecule is Cc1cc(Br)cc2c(Cl)nc(-c3cc(Cl)sc3Cl)nc12. The standard InChI is InChI=1S/C13H6BrCl3N2S/c1-5-2-6(14)3-7-10(5)18-13(19-11(7)16)8-4-9(15)20-12(8)17/h2-4H,1H3. The van der Waals surface area contributed by atoms with E-state index in [1.165, 1.54) is 11.3 Å². The molecular weight excluding hydrogens is 402 g/mol. The Morgan fingerprint density at radius 3 is 2.50 bits per heavy atom. The van der Waals surface area contributed by atoms with E-state index in [0.29, 0.717) is 25.2 Å².